The summed E-state index contributed by atoms with van der Waals surface area (Å²) in [5, 5.41) is 5.08. The van der Waals surface area contributed by atoms with Crippen LogP contribution >= 0.6 is 47.0 Å². The van der Waals surface area contributed by atoms with Crippen LogP contribution in [0.15, 0.2) is 33.8 Å². The third-order valence-corrected chi connectivity index (χ3v) is 3.39. The summed E-state index contributed by atoms with van der Waals surface area (Å²) in [7, 11) is 0. The molecule has 0 aliphatic heterocycles. The van der Waals surface area contributed by atoms with E-state index in [4.69, 9.17) is 45.0 Å². The average Bonchev–Trinajstić information content (AvgIpc) is 2.82. The lowest BCUT2D eigenvalue weighted by Gasteiger charge is -2.03. The molecule has 0 bridgehead atoms. The zero-order valence-corrected chi connectivity index (χ0v) is 12.9. The fourth-order valence-corrected chi connectivity index (χ4v) is 2.13. The van der Waals surface area contributed by atoms with E-state index in [2.05, 4.69) is 22.7 Å². The minimum absolute atomic E-state index is 0.0700. The Morgan fingerprint density at radius 2 is 1.90 bits per heavy atom. The lowest BCUT2D eigenvalue weighted by Crippen LogP contribution is -2.23. The van der Waals surface area contributed by atoms with Crippen molar-refractivity contribution in [3.8, 4) is 11.3 Å². The van der Waals surface area contributed by atoms with Crippen molar-refractivity contribution in [1.82, 2.24) is 5.43 Å². The maximum atomic E-state index is 6.11. The third-order valence-electron chi connectivity index (χ3n) is 2.27. The van der Waals surface area contributed by atoms with Gasteiger partial charge >= 0.3 is 0 Å². The highest BCUT2D eigenvalue weighted by Gasteiger charge is 2.11. The zero-order chi connectivity index (χ0) is 14.7. The molecule has 20 heavy (non-hydrogen) atoms. The van der Waals surface area contributed by atoms with Gasteiger partial charge in [0.1, 0.15) is 11.5 Å². The molecule has 3 N–H and O–H groups in total. The minimum Gasteiger partial charge on any atom is -0.455 e. The molecule has 0 aliphatic rings. The van der Waals surface area contributed by atoms with Gasteiger partial charge in [-0.1, -0.05) is 34.8 Å². The smallest absolute Gasteiger partial charge is 0.184 e. The normalized spacial score (nSPS) is 10.9. The molecule has 0 atom stereocenters. The van der Waals surface area contributed by atoms with Gasteiger partial charge < -0.3 is 10.2 Å². The van der Waals surface area contributed by atoms with Gasteiger partial charge in [0.05, 0.1) is 21.3 Å². The van der Waals surface area contributed by atoms with Crippen molar-refractivity contribution in [1.29, 1.82) is 0 Å². The van der Waals surface area contributed by atoms with Crippen LogP contribution in [0.5, 0.6) is 0 Å². The Labute approximate surface area is 135 Å². The first-order chi connectivity index (χ1) is 9.47. The first-order valence-electron chi connectivity index (χ1n) is 5.30. The zero-order valence-electron chi connectivity index (χ0n) is 9.86. The van der Waals surface area contributed by atoms with Crippen molar-refractivity contribution in [2.45, 2.75) is 0 Å². The van der Waals surface area contributed by atoms with Gasteiger partial charge in [0, 0.05) is 5.56 Å². The molecule has 0 radical (unpaired) electrons. The van der Waals surface area contributed by atoms with Crippen LogP contribution in [0, 0.1) is 0 Å². The van der Waals surface area contributed by atoms with E-state index in [1.165, 1.54) is 6.21 Å². The van der Waals surface area contributed by atoms with Crippen LogP contribution in [-0.4, -0.2) is 11.3 Å². The van der Waals surface area contributed by atoms with E-state index in [0.717, 1.165) is 0 Å². The molecule has 0 unspecified atom stereocenters. The quantitative estimate of drug-likeness (QED) is 0.380. The number of rotatable bonds is 3. The molecular formula is C12H8Cl3N3OS. The molecule has 4 nitrogen and oxygen atoms in total. The molecule has 0 saturated carbocycles. The minimum atomic E-state index is 0.0700. The molecule has 0 spiro atoms. The van der Waals surface area contributed by atoms with E-state index >= 15 is 0 Å². The van der Waals surface area contributed by atoms with Gasteiger partial charge in [0.2, 0.25) is 0 Å². The second-order valence-electron chi connectivity index (χ2n) is 3.68. The molecule has 1 aromatic carbocycles. The predicted molar refractivity (Wildman–Crippen MR) is 86.7 cm³/mol. The van der Waals surface area contributed by atoms with Crippen LogP contribution in [-0.2, 0) is 0 Å². The lowest BCUT2D eigenvalue weighted by atomic mass is 10.2. The first kappa shape index (κ1) is 15.1. The summed E-state index contributed by atoms with van der Waals surface area (Å²) in [5.74, 6) is 1.05. The number of furan rings is 1. The van der Waals surface area contributed by atoms with E-state index in [9.17, 15) is 0 Å². The summed E-state index contributed by atoms with van der Waals surface area (Å²) in [4.78, 5) is 0. The Kier molecular flexibility index (Phi) is 4.88. The van der Waals surface area contributed by atoms with Gasteiger partial charge in [-0.25, -0.2) is 0 Å². The number of hydrazone groups is 1. The number of nitrogens with zero attached hydrogens (tertiary/aromatic N) is 1. The van der Waals surface area contributed by atoms with E-state index in [-0.39, 0.29) is 5.11 Å². The number of nitrogens with one attached hydrogen (secondary N) is 1. The number of halogens is 3. The molecule has 1 heterocycles. The molecule has 0 amide bonds. The van der Waals surface area contributed by atoms with Crippen LogP contribution in [0.1, 0.15) is 5.76 Å². The Hall–Kier alpha value is -1.27. The summed E-state index contributed by atoms with van der Waals surface area (Å²) in [5.41, 5.74) is 8.30. The lowest BCUT2D eigenvalue weighted by molar-refractivity contribution is 0.574. The topological polar surface area (TPSA) is 63.5 Å². The van der Waals surface area contributed by atoms with Gasteiger partial charge in [-0.2, -0.15) is 5.10 Å². The van der Waals surface area contributed by atoms with Gasteiger partial charge in [-0.05, 0) is 36.5 Å². The second kappa shape index (κ2) is 6.45. The summed E-state index contributed by atoms with van der Waals surface area (Å²) in [6.45, 7) is 0. The fourth-order valence-electron chi connectivity index (χ4n) is 1.44. The van der Waals surface area contributed by atoms with E-state index in [0.29, 0.717) is 32.2 Å². The Bertz CT molecular complexity index is 685. The van der Waals surface area contributed by atoms with E-state index in [1.54, 1.807) is 24.3 Å². The molecule has 1 aromatic heterocycles. The first-order valence-corrected chi connectivity index (χ1v) is 6.85. The Morgan fingerprint density at radius 1 is 1.20 bits per heavy atom. The maximum absolute atomic E-state index is 6.11. The van der Waals surface area contributed by atoms with E-state index < -0.39 is 0 Å². The van der Waals surface area contributed by atoms with Gasteiger partial charge in [0.25, 0.3) is 0 Å². The largest absolute Gasteiger partial charge is 0.455 e. The molecule has 2 rings (SSSR count). The summed E-state index contributed by atoms with van der Waals surface area (Å²) >= 11 is 22.6. The summed E-state index contributed by atoms with van der Waals surface area (Å²) in [6, 6.07) is 6.66. The molecule has 0 fully saturated rings. The van der Waals surface area contributed by atoms with Crippen molar-refractivity contribution in [3.05, 3.63) is 45.1 Å². The van der Waals surface area contributed by atoms with Crippen molar-refractivity contribution < 1.29 is 4.42 Å². The van der Waals surface area contributed by atoms with Crippen molar-refractivity contribution in [2.75, 3.05) is 0 Å². The Balaban J connectivity index is 2.27. The SMILES string of the molecule is NC(=S)NN=Cc1ccc(-c2cc(Cl)c(Cl)cc2Cl)o1. The number of nitrogens with two attached hydrogens (primary N) is 1. The Morgan fingerprint density at radius 3 is 2.60 bits per heavy atom. The van der Waals surface area contributed by atoms with Gasteiger partial charge in [0.15, 0.2) is 5.11 Å². The maximum Gasteiger partial charge on any atom is 0.184 e. The highest BCUT2D eigenvalue weighted by molar-refractivity contribution is 7.80. The summed E-state index contributed by atoms with van der Waals surface area (Å²) in [6.07, 6.45) is 1.44. The van der Waals surface area contributed by atoms with Crippen LogP contribution in [0.4, 0.5) is 0 Å². The predicted octanol–water partition coefficient (Wildman–Crippen LogP) is 4.07. The molecule has 8 heteroatoms. The van der Waals surface area contributed by atoms with Crippen molar-refractivity contribution >= 4 is 58.3 Å². The van der Waals surface area contributed by atoms with Crippen LogP contribution in [0.2, 0.25) is 15.1 Å². The molecule has 104 valence electrons. The van der Waals surface area contributed by atoms with Crippen molar-refractivity contribution in [3.63, 3.8) is 0 Å². The third kappa shape index (κ3) is 3.64. The number of benzene rings is 1. The van der Waals surface area contributed by atoms with Crippen molar-refractivity contribution in [2.24, 2.45) is 10.8 Å². The highest BCUT2D eigenvalue weighted by Crippen LogP contribution is 2.35. The van der Waals surface area contributed by atoms with Crippen LogP contribution < -0.4 is 11.2 Å². The second-order valence-corrected chi connectivity index (χ2v) is 5.34. The van der Waals surface area contributed by atoms with Gasteiger partial charge in [-0.15, -0.1) is 0 Å². The van der Waals surface area contributed by atoms with E-state index in [1.807, 2.05) is 0 Å². The van der Waals surface area contributed by atoms with Crippen LogP contribution in [0.25, 0.3) is 11.3 Å². The van der Waals surface area contributed by atoms with Crippen LogP contribution in [0.3, 0.4) is 0 Å². The van der Waals surface area contributed by atoms with Gasteiger partial charge in [-0.3, -0.25) is 5.43 Å². The molecule has 0 aliphatic carbocycles. The fraction of sp³-hybridized carbons (Fsp3) is 0. The number of hydrogen-bond donors (Lipinski definition) is 2. The number of thiocarbonyl (C=S) groups is 1. The molecule has 2 aromatic rings. The number of hydrogen-bond acceptors (Lipinski definition) is 3. The average molecular weight is 349 g/mol. The molecule has 0 saturated heterocycles. The molecular weight excluding hydrogens is 341 g/mol. The standard InChI is InChI=1S/C12H8Cl3N3OS/c13-8-4-10(15)9(14)3-7(8)11-2-1-6(19-11)5-17-18-12(16)20/h1-5H,(H3,16,18,20). The monoisotopic (exact) mass is 347 g/mol. The summed E-state index contributed by atoms with van der Waals surface area (Å²) < 4.78 is 5.57. The highest BCUT2D eigenvalue weighted by atomic mass is 35.5.